The molecule has 0 saturated carbocycles. The van der Waals surface area contributed by atoms with Crippen molar-refractivity contribution in [2.24, 2.45) is 0 Å². The van der Waals surface area contributed by atoms with Crippen LogP contribution >= 0.6 is 0 Å². The zero-order chi connectivity index (χ0) is 19.4. The van der Waals surface area contributed by atoms with Crippen LogP contribution in [0.5, 0.6) is 5.88 Å². The van der Waals surface area contributed by atoms with Crippen molar-refractivity contribution in [3.8, 4) is 11.9 Å². The summed E-state index contributed by atoms with van der Waals surface area (Å²) < 4.78 is 5.84. The number of rotatable bonds is 5. The molecule has 0 fully saturated rings. The van der Waals surface area contributed by atoms with Crippen LogP contribution < -0.4 is 15.4 Å². The zero-order valence-electron chi connectivity index (χ0n) is 15.7. The van der Waals surface area contributed by atoms with Crippen LogP contribution in [0.1, 0.15) is 11.1 Å². The second-order valence-electron chi connectivity index (χ2n) is 6.39. The van der Waals surface area contributed by atoms with Gasteiger partial charge in [0, 0.05) is 12.7 Å². The number of pyridine rings is 1. The first-order chi connectivity index (χ1) is 13.8. The molecule has 3 aromatic rings. The summed E-state index contributed by atoms with van der Waals surface area (Å²) in [6.07, 6.45) is 2.76. The molecule has 4 rings (SSSR count). The smallest absolute Gasteiger partial charge is 0.237 e. The van der Waals surface area contributed by atoms with Gasteiger partial charge in [0.1, 0.15) is 6.10 Å². The molecule has 1 unspecified atom stereocenters. The van der Waals surface area contributed by atoms with E-state index in [2.05, 4.69) is 21.7 Å². The van der Waals surface area contributed by atoms with Crippen LogP contribution in [0.4, 0.5) is 5.69 Å². The number of ether oxygens (including phenoxy) is 1. The Hall–Kier alpha value is -3.36. The summed E-state index contributed by atoms with van der Waals surface area (Å²) in [5.74, 6) is 0.674. The topological polar surface area (TPSA) is 70.0 Å². The average Bonchev–Trinajstić information content (AvgIpc) is 2.78. The van der Waals surface area contributed by atoms with Crippen molar-refractivity contribution in [2.75, 3.05) is 25.0 Å². The fourth-order valence-corrected chi connectivity index (χ4v) is 2.78. The molecule has 2 heterocycles. The number of aromatic nitrogens is 1. The van der Waals surface area contributed by atoms with Gasteiger partial charge in [0.25, 0.3) is 0 Å². The maximum Gasteiger partial charge on any atom is 0.237 e. The molecule has 1 aromatic heterocycles. The monoisotopic (exact) mass is 372 g/mol. The van der Waals surface area contributed by atoms with Crippen molar-refractivity contribution in [1.29, 1.82) is 5.26 Å². The summed E-state index contributed by atoms with van der Waals surface area (Å²) in [6.45, 7) is 2.43. The predicted octanol–water partition coefficient (Wildman–Crippen LogP) is 3.65. The largest absolute Gasteiger partial charge is 0.470 e. The zero-order valence-corrected chi connectivity index (χ0v) is 15.7. The van der Waals surface area contributed by atoms with Gasteiger partial charge in [0.15, 0.2) is 0 Å². The number of fused-ring (bicyclic) bond motifs is 1. The van der Waals surface area contributed by atoms with E-state index in [0.717, 1.165) is 31.7 Å². The van der Waals surface area contributed by atoms with Crippen molar-refractivity contribution in [1.82, 2.24) is 10.3 Å². The van der Waals surface area contributed by atoms with Crippen LogP contribution in [-0.4, -0.2) is 30.7 Å². The molecule has 0 radical (unpaired) electrons. The Bertz CT molecular complexity index is 848. The van der Waals surface area contributed by atoms with Gasteiger partial charge in [0.05, 0.1) is 23.9 Å². The van der Waals surface area contributed by atoms with E-state index in [1.54, 1.807) is 6.20 Å². The van der Waals surface area contributed by atoms with E-state index in [0.29, 0.717) is 11.4 Å². The van der Waals surface area contributed by atoms with Crippen molar-refractivity contribution >= 4 is 5.69 Å². The van der Waals surface area contributed by atoms with Gasteiger partial charge in [-0.15, -0.1) is 0 Å². The molecule has 142 valence electrons. The number of benzene rings is 2. The van der Waals surface area contributed by atoms with Crippen molar-refractivity contribution < 1.29 is 4.74 Å². The number of nitriles is 1. The third kappa shape index (κ3) is 6.11. The highest BCUT2D eigenvalue weighted by Crippen LogP contribution is 2.24. The van der Waals surface area contributed by atoms with Gasteiger partial charge in [-0.1, -0.05) is 48.5 Å². The van der Waals surface area contributed by atoms with Crippen LogP contribution in [0.15, 0.2) is 79.0 Å². The van der Waals surface area contributed by atoms with Crippen LogP contribution in [0.25, 0.3) is 0 Å². The third-order valence-electron chi connectivity index (χ3n) is 4.28. The molecule has 0 spiro atoms. The molecule has 0 amide bonds. The summed E-state index contributed by atoms with van der Waals surface area (Å²) >= 11 is 0. The maximum absolute atomic E-state index is 8.77. The number of hydrogen-bond acceptors (Lipinski definition) is 5. The lowest BCUT2D eigenvalue weighted by atomic mass is 10.1. The second kappa shape index (κ2) is 10.7. The summed E-state index contributed by atoms with van der Waals surface area (Å²) in [4.78, 5) is 4.22. The fraction of sp³-hybridized carbons (Fsp3) is 0.217. The van der Waals surface area contributed by atoms with Crippen LogP contribution in [-0.2, 0) is 6.42 Å². The van der Waals surface area contributed by atoms with Crippen molar-refractivity contribution in [3.05, 3.63) is 90.1 Å². The minimum absolute atomic E-state index is 0.0864. The number of anilines is 1. The Morgan fingerprint density at radius 3 is 2.43 bits per heavy atom. The van der Waals surface area contributed by atoms with Gasteiger partial charge in [-0.05, 0) is 42.8 Å². The lowest BCUT2D eigenvalue weighted by Crippen LogP contribution is -2.40. The summed E-state index contributed by atoms with van der Waals surface area (Å²) in [7, 11) is 0. The number of nitrogens with one attached hydrogen (secondary N) is 2. The summed E-state index contributed by atoms with van der Waals surface area (Å²) in [5, 5.41) is 15.5. The third-order valence-corrected chi connectivity index (χ3v) is 4.28. The standard InChI is InChI=1S/C17H18N4O.C6H6/c18-10-14-5-3-13(4-6-14)7-9-19-11-15-12-21-16-2-1-8-20-17(16)22-15;1-2-4-6-5-3-1/h1-6,8,15,19,21H,7,9,11-12H2;1-6H. The summed E-state index contributed by atoms with van der Waals surface area (Å²) in [5.41, 5.74) is 2.88. The Morgan fingerprint density at radius 2 is 1.75 bits per heavy atom. The van der Waals surface area contributed by atoms with Crippen molar-refractivity contribution in [3.63, 3.8) is 0 Å². The van der Waals surface area contributed by atoms with E-state index >= 15 is 0 Å². The molecule has 0 bridgehead atoms. The highest BCUT2D eigenvalue weighted by Gasteiger charge is 2.19. The predicted molar refractivity (Wildman–Crippen MR) is 111 cm³/mol. The van der Waals surface area contributed by atoms with Crippen LogP contribution in [0.2, 0.25) is 0 Å². The van der Waals surface area contributed by atoms with E-state index in [1.807, 2.05) is 72.8 Å². The minimum Gasteiger partial charge on any atom is -0.470 e. The molecule has 5 nitrogen and oxygen atoms in total. The molecule has 0 saturated heterocycles. The molecular weight excluding hydrogens is 348 g/mol. The molecule has 5 heteroatoms. The SMILES string of the molecule is N#Cc1ccc(CCNCC2CNc3cccnc3O2)cc1.c1ccccc1. The first-order valence-electron chi connectivity index (χ1n) is 9.40. The highest BCUT2D eigenvalue weighted by molar-refractivity contribution is 5.53. The lowest BCUT2D eigenvalue weighted by Gasteiger charge is -2.26. The Kier molecular flexibility index (Phi) is 7.42. The highest BCUT2D eigenvalue weighted by atomic mass is 16.5. The summed E-state index contributed by atoms with van der Waals surface area (Å²) in [6, 6.07) is 25.7. The fourth-order valence-electron chi connectivity index (χ4n) is 2.78. The van der Waals surface area contributed by atoms with Crippen molar-refractivity contribution in [2.45, 2.75) is 12.5 Å². The van der Waals surface area contributed by atoms with Gasteiger partial charge in [0.2, 0.25) is 5.88 Å². The Morgan fingerprint density at radius 1 is 1.04 bits per heavy atom. The van der Waals surface area contributed by atoms with Gasteiger partial charge in [-0.25, -0.2) is 4.98 Å². The van der Waals surface area contributed by atoms with Gasteiger partial charge in [-0.2, -0.15) is 5.26 Å². The molecule has 2 aromatic carbocycles. The normalized spacial score (nSPS) is 14.3. The van der Waals surface area contributed by atoms with E-state index in [4.69, 9.17) is 10.00 Å². The van der Waals surface area contributed by atoms with Crippen LogP contribution in [0.3, 0.4) is 0 Å². The number of hydrogen-bond donors (Lipinski definition) is 2. The van der Waals surface area contributed by atoms with Gasteiger partial charge >= 0.3 is 0 Å². The quantitative estimate of drug-likeness (QED) is 0.669. The van der Waals surface area contributed by atoms with E-state index in [-0.39, 0.29) is 6.10 Å². The van der Waals surface area contributed by atoms with Gasteiger partial charge in [-0.3, -0.25) is 0 Å². The van der Waals surface area contributed by atoms with E-state index < -0.39 is 0 Å². The molecule has 2 N–H and O–H groups in total. The first kappa shape index (κ1) is 19.4. The second-order valence-corrected chi connectivity index (χ2v) is 6.39. The lowest BCUT2D eigenvalue weighted by molar-refractivity contribution is 0.194. The molecule has 0 aliphatic carbocycles. The van der Waals surface area contributed by atoms with Gasteiger partial charge < -0.3 is 15.4 Å². The minimum atomic E-state index is 0.0864. The Labute approximate surface area is 166 Å². The molecule has 1 aliphatic heterocycles. The van der Waals surface area contributed by atoms with E-state index in [1.165, 1.54) is 5.56 Å². The molecule has 28 heavy (non-hydrogen) atoms. The maximum atomic E-state index is 8.77. The molecule has 1 atom stereocenters. The first-order valence-corrected chi connectivity index (χ1v) is 9.40. The van der Waals surface area contributed by atoms with Crippen LogP contribution in [0, 0.1) is 11.3 Å². The van der Waals surface area contributed by atoms with E-state index in [9.17, 15) is 0 Å². The molecular formula is C23H24N4O. The molecule has 1 aliphatic rings. The average molecular weight is 372 g/mol. The number of nitrogens with zero attached hydrogens (tertiary/aromatic N) is 2. The Balaban J connectivity index is 0.000000320.